The molecule has 0 amide bonds. The van der Waals surface area contributed by atoms with Gasteiger partial charge in [-0.25, -0.2) is 4.39 Å². The predicted octanol–water partition coefficient (Wildman–Crippen LogP) is 4.38. The van der Waals surface area contributed by atoms with Crippen molar-refractivity contribution < 1.29 is 36.2 Å². The van der Waals surface area contributed by atoms with E-state index in [2.05, 4.69) is 5.10 Å². The number of nitrogens with two attached hydrogens (primary N) is 1. The van der Waals surface area contributed by atoms with E-state index in [1.54, 1.807) is 12.1 Å². The van der Waals surface area contributed by atoms with Crippen LogP contribution in [-0.4, -0.2) is 40.2 Å². The summed E-state index contributed by atoms with van der Waals surface area (Å²) in [6.45, 7) is -1.70. The van der Waals surface area contributed by atoms with Crippen LogP contribution < -0.4 is 10.5 Å². The second-order valence-corrected chi connectivity index (χ2v) is 6.55. The predicted molar refractivity (Wildman–Crippen MR) is 97.7 cm³/mol. The second-order valence-electron chi connectivity index (χ2n) is 6.55. The highest BCUT2D eigenvalue weighted by atomic mass is 19.4. The highest BCUT2D eigenvalue weighted by Crippen LogP contribution is 2.38. The number of anilines is 1. The van der Waals surface area contributed by atoms with Gasteiger partial charge in [0, 0.05) is 24.1 Å². The number of benzene rings is 2. The Labute approximate surface area is 166 Å². The van der Waals surface area contributed by atoms with E-state index in [1.807, 2.05) is 0 Å². The van der Waals surface area contributed by atoms with Gasteiger partial charge in [0.25, 0.3) is 0 Å². The Balaban J connectivity index is 2.01. The molecular weight excluding hydrogens is 416 g/mol. The van der Waals surface area contributed by atoms with Crippen LogP contribution in [0.3, 0.4) is 0 Å². The van der Waals surface area contributed by atoms with E-state index in [-0.39, 0.29) is 23.7 Å². The minimum Gasteiger partial charge on any atom is -0.486 e. The van der Waals surface area contributed by atoms with Gasteiger partial charge in [-0.15, -0.1) is 0 Å². The molecule has 11 heteroatoms. The Bertz CT molecular complexity index is 1050. The molecule has 0 saturated heterocycles. The number of aliphatic hydroxyl groups is 1. The first kappa shape index (κ1) is 21.8. The largest absolute Gasteiger partial charge is 0.486 e. The van der Waals surface area contributed by atoms with Crippen molar-refractivity contribution in [2.45, 2.75) is 25.1 Å². The second kappa shape index (κ2) is 8.05. The van der Waals surface area contributed by atoms with Gasteiger partial charge in [-0.1, -0.05) is 6.07 Å². The van der Waals surface area contributed by atoms with Crippen molar-refractivity contribution in [1.29, 1.82) is 0 Å². The quantitative estimate of drug-likeness (QED) is 0.543. The molecule has 5 nitrogen and oxygen atoms in total. The summed E-state index contributed by atoms with van der Waals surface area (Å²) in [7, 11) is 0. The minimum atomic E-state index is -5.77. The molecule has 0 unspecified atom stereocenters. The maximum atomic E-state index is 13.8. The first-order chi connectivity index (χ1) is 14.0. The molecule has 30 heavy (non-hydrogen) atoms. The zero-order chi connectivity index (χ0) is 22.1. The van der Waals surface area contributed by atoms with Crippen molar-refractivity contribution in [2.75, 3.05) is 18.9 Å². The van der Waals surface area contributed by atoms with Gasteiger partial charge in [-0.3, -0.25) is 4.68 Å². The maximum absolute atomic E-state index is 13.8. The molecule has 0 atom stereocenters. The monoisotopic (exact) mass is 433 g/mol. The van der Waals surface area contributed by atoms with Gasteiger partial charge in [0.2, 0.25) is 0 Å². The van der Waals surface area contributed by atoms with Gasteiger partial charge in [0.15, 0.2) is 12.4 Å². The zero-order valence-corrected chi connectivity index (χ0v) is 15.4. The van der Waals surface area contributed by atoms with E-state index < -0.39 is 24.5 Å². The van der Waals surface area contributed by atoms with Gasteiger partial charge in [-0.2, -0.15) is 27.1 Å². The van der Waals surface area contributed by atoms with Crippen LogP contribution in [0.4, 0.5) is 32.2 Å². The Kier molecular flexibility index (Phi) is 5.84. The normalized spacial score (nSPS) is 12.5. The van der Waals surface area contributed by atoms with Crippen molar-refractivity contribution in [3.63, 3.8) is 0 Å². The molecule has 1 aromatic heterocycles. The third kappa shape index (κ3) is 4.30. The first-order valence-corrected chi connectivity index (χ1v) is 8.77. The summed E-state index contributed by atoms with van der Waals surface area (Å²) in [5.74, 6) is -5.92. The number of aliphatic hydroxyl groups excluding tert-OH is 1. The fraction of sp³-hybridized carbons (Fsp3) is 0.316. The standard InChI is InChI=1S/C19H17F6N3O2/c20-12-3-5-16(30-10-18(21,22)19(23,24)25)14(9-12)11-2-4-13-15(8-11)28(6-1-7-29)27-17(13)26/h2-5,8-9,29H,1,6-7,10H2,(H2,26,27). The molecule has 0 aliphatic heterocycles. The topological polar surface area (TPSA) is 73.3 Å². The SMILES string of the molecule is Nc1nn(CCCO)c2cc(-c3cc(F)ccc3OCC(F)(F)C(F)(F)F)ccc12. The number of alkyl halides is 5. The van der Waals surface area contributed by atoms with Crippen molar-refractivity contribution >= 4 is 16.7 Å². The zero-order valence-electron chi connectivity index (χ0n) is 15.4. The van der Waals surface area contributed by atoms with Gasteiger partial charge < -0.3 is 15.6 Å². The van der Waals surface area contributed by atoms with E-state index in [0.29, 0.717) is 29.4 Å². The summed E-state index contributed by atoms with van der Waals surface area (Å²) < 4.78 is 83.8. The number of nitrogens with zero attached hydrogens (tertiary/aromatic N) is 2. The van der Waals surface area contributed by atoms with Crippen LogP contribution in [0.2, 0.25) is 0 Å². The molecule has 0 aliphatic carbocycles. The highest BCUT2D eigenvalue weighted by molar-refractivity contribution is 5.92. The van der Waals surface area contributed by atoms with Gasteiger partial charge in [0.1, 0.15) is 11.6 Å². The van der Waals surface area contributed by atoms with Crippen LogP contribution >= 0.6 is 0 Å². The summed E-state index contributed by atoms with van der Waals surface area (Å²) in [5.41, 5.74) is 6.67. The fourth-order valence-electron chi connectivity index (χ4n) is 2.86. The van der Waals surface area contributed by atoms with E-state index in [9.17, 15) is 26.3 Å². The van der Waals surface area contributed by atoms with Crippen LogP contribution in [0, 0.1) is 5.82 Å². The number of aromatic nitrogens is 2. The lowest BCUT2D eigenvalue weighted by molar-refractivity contribution is -0.289. The molecule has 0 saturated carbocycles. The van der Waals surface area contributed by atoms with Crippen molar-refractivity contribution in [2.24, 2.45) is 0 Å². The number of hydrogen-bond donors (Lipinski definition) is 2. The fourth-order valence-corrected chi connectivity index (χ4v) is 2.86. The molecule has 3 rings (SSSR count). The number of rotatable bonds is 7. The van der Waals surface area contributed by atoms with E-state index in [0.717, 1.165) is 18.2 Å². The lowest BCUT2D eigenvalue weighted by Crippen LogP contribution is -2.41. The molecule has 0 bridgehead atoms. The summed E-state index contributed by atoms with van der Waals surface area (Å²) >= 11 is 0. The molecular formula is C19H17F6N3O2. The van der Waals surface area contributed by atoms with Crippen molar-refractivity contribution in [3.05, 3.63) is 42.2 Å². The van der Waals surface area contributed by atoms with Crippen molar-refractivity contribution in [3.8, 4) is 16.9 Å². The average Bonchev–Trinajstić information content (AvgIpc) is 2.99. The lowest BCUT2D eigenvalue weighted by Gasteiger charge is -2.21. The van der Waals surface area contributed by atoms with Crippen LogP contribution in [0.15, 0.2) is 36.4 Å². The number of nitrogen functional groups attached to an aromatic ring is 1. The Hall–Kier alpha value is -2.95. The van der Waals surface area contributed by atoms with Gasteiger partial charge >= 0.3 is 12.1 Å². The van der Waals surface area contributed by atoms with Crippen LogP contribution in [0.25, 0.3) is 22.0 Å². The third-order valence-corrected chi connectivity index (χ3v) is 4.38. The molecule has 3 N–H and O–H groups in total. The molecule has 162 valence electrons. The maximum Gasteiger partial charge on any atom is 0.456 e. The summed E-state index contributed by atoms with van der Waals surface area (Å²) in [4.78, 5) is 0. The lowest BCUT2D eigenvalue weighted by atomic mass is 10.0. The minimum absolute atomic E-state index is 0.0108. The van der Waals surface area contributed by atoms with Gasteiger partial charge in [0.05, 0.1) is 5.52 Å². The molecule has 0 radical (unpaired) electrons. The Morgan fingerprint density at radius 1 is 1.07 bits per heavy atom. The van der Waals surface area contributed by atoms with Gasteiger partial charge in [-0.05, 0) is 42.3 Å². The Morgan fingerprint density at radius 2 is 1.80 bits per heavy atom. The van der Waals surface area contributed by atoms with E-state index in [4.69, 9.17) is 15.6 Å². The molecule has 0 spiro atoms. The summed E-state index contributed by atoms with van der Waals surface area (Å²) in [6.07, 6.45) is -5.38. The first-order valence-electron chi connectivity index (χ1n) is 8.77. The number of aryl methyl sites for hydroxylation is 1. The number of ether oxygens (including phenoxy) is 1. The molecule has 0 aliphatic rings. The molecule has 3 aromatic rings. The average molecular weight is 433 g/mol. The smallest absolute Gasteiger partial charge is 0.456 e. The number of hydrogen-bond acceptors (Lipinski definition) is 4. The van der Waals surface area contributed by atoms with Crippen LogP contribution in [0.5, 0.6) is 5.75 Å². The molecule has 0 fully saturated rings. The summed E-state index contributed by atoms with van der Waals surface area (Å²) in [5, 5.41) is 13.7. The highest BCUT2D eigenvalue weighted by Gasteiger charge is 2.58. The van der Waals surface area contributed by atoms with Crippen LogP contribution in [-0.2, 0) is 6.54 Å². The Morgan fingerprint density at radius 3 is 2.47 bits per heavy atom. The number of fused-ring (bicyclic) bond motifs is 1. The molecule has 1 heterocycles. The van der Waals surface area contributed by atoms with E-state index >= 15 is 0 Å². The molecule has 2 aromatic carbocycles. The van der Waals surface area contributed by atoms with E-state index in [1.165, 1.54) is 10.7 Å². The van der Waals surface area contributed by atoms with Crippen molar-refractivity contribution in [1.82, 2.24) is 9.78 Å². The third-order valence-electron chi connectivity index (χ3n) is 4.38. The number of halogens is 6. The van der Waals surface area contributed by atoms with Crippen LogP contribution in [0.1, 0.15) is 6.42 Å². The summed E-state index contributed by atoms with van der Waals surface area (Å²) in [6, 6.07) is 7.46.